The van der Waals surface area contributed by atoms with E-state index in [0.717, 1.165) is 0 Å². The van der Waals surface area contributed by atoms with E-state index in [1.807, 2.05) is 0 Å². The van der Waals surface area contributed by atoms with E-state index in [0.29, 0.717) is 5.41 Å². The molecule has 1 aromatic heterocycles. The van der Waals surface area contributed by atoms with Gasteiger partial charge in [-0.2, -0.15) is 0 Å². The third-order valence-corrected chi connectivity index (χ3v) is 33.9. The Hall–Kier alpha value is -17.1. The molecule has 33 rings (SSSR count). The van der Waals surface area contributed by atoms with Crippen molar-refractivity contribution in [2.45, 2.75) is 72.0 Å². The van der Waals surface area contributed by atoms with E-state index in [2.05, 4.69) is 546 Å². The van der Waals surface area contributed by atoms with Crippen molar-refractivity contribution in [1.29, 1.82) is 0 Å². The molecule has 674 valence electrons. The Morgan fingerprint density at radius 2 is 0.399 bits per heavy atom. The smallest absolute Gasteiger partial charge is 0.0754 e. The lowest BCUT2D eigenvalue weighted by Crippen LogP contribution is -2.33. The molecular weight excluding hydrogens is 1720 g/mol. The number of hydrogen-bond acceptors (Lipinski definition) is 0. The van der Waals surface area contributed by atoms with Crippen LogP contribution in [0.2, 0.25) is 0 Å². The molecule has 23 aromatic rings. The lowest BCUT2D eigenvalue weighted by molar-refractivity contribution is 0.550. The van der Waals surface area contributed by atoms with Gasteiger partial charge >= 0.3 is 0 Å². The molecule has 0 radical (unpaired) electrons. The summed E-state index contributed by atoms with van der Waals surface area (Å²) in [6.07, 6.45) is 5.42. The summed E-state index contributed by atoms with van der Waals surface area (Å²) >= 11 is 0. The molecule has 0 N–H and O–H groups in total. The van der Waals surface area contributed by atoms with Gasteiger partial charge in [-0.25, -0.2) is 0 Å². The molecule has 0 atom stereocenters. The summed E-state index contributed by atoms with van der Waals surface area (Å²) in [5, 5.41) is 5.35. The SMILES string of the molecule is CC1(C)c2ccccc2-c2ccccc21.c1ccc(C2(c3ccccc3)c3ccccc3-c3ccccc32)cc1.c1ccc2c(c1)-c1ccccc1C21CCCC1.c1ccc2c(c1)-c1ccccc1C21c2ccccc2-c2cccc3cccc1c23.c1ccc2c(c1)-c1ccccc1C21c2ccccc2-c2ccccc21.c1ccc2c(c1)-c1ccccc1C21c2ccccc2-n2c3ccccc3c3cccc1c32. The fourth-order valence-corrected chi connectivity index (χ4v) is 28.5. The van der Waals surface area contributed by atoms with Crippen LogP contribution in [0, 0.1) is 0 Å². The molecule has 4 spiro atoms. The molecule has 1 fully saturated rings. The first-order chi connectivity index (χ1) is 70.8. The normalized spacial score (nSPS) is 15.1. The van der Waals surface area contributed by atoms with Crippen LogP contribution in [0.3, 0.4) is 0 Å². The minimum atomic E-state index is -0.312. The largest absolute Gasteiger partial charge is 0.309 e. The Bertz CT molecular complexity index is 8510. The highest BCUT2D eigenvalue weighted by atomic mass is 15.0. The van der Waals surface area contributed by atoms with Gasteiger partial charge in [-0.05, 0) is 236 Å². The number of aromatic nitrogens is 1. The van der Waals surface area contributed by atoms with Crippen molar-refractivity contribution in [2.75, 3.05) is 0 Å². The van der Waals surface area contributed by atoms with Crippen LogP contribution in [0.1, 0.15) is 151 Å². The Labute approximate surface area is 836 Å². The molecule has 10 aliphatic rings. The molecule has 0 unspecified atom stereocenters. The van der Waals surface area contributed by atoms with Crippen LogP contribution in [0.25, 0.3) is 127 Å². The first-order valence-electron chi connectivity index (χ1n) is 51.0. The summed E-state index contributed by atoms with van der Waals surface area (Å²) in [6, 6.07) is 194. The van der Waals surface area contributed by atoms with Crippen LogP contribution in [0.4, 0.5) is 0 Å². The zero-order valence-electron chi connectivity index (χ0n) is 80.0. The standard InChI is InChI=1S/C31H19N.C29H18.C25H16.C25H18.C17H16.C15H14/c1-4-14-24-20(10-1)21-11-2-5-15-25(21)31(24)26-16-6-8-19-29(26)32-28-18-7-3-12-22(28)23-13-9-17-27(31)30(23)32;1-4-15-24-20(11-1)21-12-2-5-16-25(21)29(24)26-17-6-3-13-22(26)23-14-7-9-19-10-8-18-27(29)28(19)23;1-5-13-21-17(9-1)18-10-2-6-14-22(18)25(21)23-15-7-3-11-19(23)20-12-4-8-16-24(20)25;1-3-11-19(12-4-1)25(20-13-5-2-6-14-20)23-17-9-7-15-21(23)22-16-8-10-18-24(22)25;1-3-9-15-13(7-1)14-8-2-4-10-16(14)17(15)11-5-6-12-17;1-15(2)13-9-5-3-7-11(13)12-8-4-6-10-14(12)15/h1-19H;1-18H;1-16H;1-18H;1-4,7-10H,5-6,11-12H2;3-10H,1-2H3. The van der Waals surface area contributed by atoms with E-state index in [1.165, 1.54) is 253 Å². The molecule has 143 heavy (non-hydrogen) atoms. The molecule has 2 heterocycles. The van der Waals surface area contributed by atoms with E-state index in [4.69, 9.17) is 0 Å². The minimum Gasteiger partial charge on any atom is -0.309 e. The average Bonchev–Trinajstić information content (AvgIpc) is 1.51. The first-order valence-corrected chi connectivity index (χ1v) is 51.0. The summed E-state index contributed by atoms with van der Waals surface area (Å²) in [4.78, 5) is 0. The van der Waals surface area contributed by atoms with Gasteiger partial charge in [0.15, 0.2) is 0 Å². The molecule has 22 aromatic carbocycles. The van der Waals surface area contributed by atoms with E-state index < -0.39 is 0 Å². The summed E-state index contributed by atoms with van der Waals surface area (Å²) in [5.74, 6) is 0. The lowest BCUT2D eigenvalue weighted by Gasteiger charge is -2.40. The molecule has 1 heteroatoms. The molecule has 1 aliphatic heterocycles. The van der Waals surface area contributed by atoms with Crippen molar-refractivity contribution >= 4 is 32.6 Å². The Balaban J connectivity index is 0.0000000850. The van der Waals surface area contributed by atoms with Crippen LogP contribution in [-0.2, 0) is 32.5 Å². The molecule has 0 amide bonds. The number of benzene rings is 22. The predicted octanol–water partition coefficient (Wildman–Crippen LogP) is 35.2. The van der Waals surface area contributed by atoms with Crippen LogP contribution in [0.15, 0.2) is 528 Å². The summed E-state index contributed by atoms with van der Waals surface area (Å²) in [7, 11) is 0. The van der Waals surface area contributed by atoms with Crippen molar-refractivity contribution in [2.24, 2.45) is 0 Å². The molecule has 9 aliphatic carbocycles. The van der Waals surface area contributed by atoms with Gasteiger partial charge in [-0.1, -0.05) is 542 Å². The van der Waals surface area contributed by atoms with Crippen LogP contribution >= 0.6 is 0 Å². The summed E-state index contributed by atoms with van der Waals surface area (Å²) in [5.41, 5.74) is 53.6. The van der Waals surface area contributed by atoms with Crippen molar-refractivity contribution < 1.29 is 0 Å². The fraction of sp³-hybridized carbons (Fsp3) is 0.0845. The second kappa shape index (κ2) is 32.8. The second-order valence-electron chi connectivity index (χ2n) is 40.6. The quantitative estimate of drug-likeness (QED) is 0.163. The van der Waals surface area contributed by atoms with Crippen molar-refractivity contribution in [1.82, 2.24) is 4.57 Å². The van der Waals surface area contributed by atoms with Gasteiger partial charge in [-0.3, -0.25) is 0 Å². The minimum absolute atomic E-state index is 0.160. The molecule has 1 saturated carbocycles. The monoisotopic (exact) mass is 1820 g/mol. The van der Waals surface area contributed by atoms with Gasteiger partial charge in [-0.15, -0.1) is 0 Å². The van der Waals surface area contributed by atoms with Crippen LogP contribution in [-0.4, -0.2) is 4.57 Å². The number of hydrogen-bond donors (Lipinski definition) is 0. The van der Waals surface area contributed by atoms with Gasteiger partial charge in [0, 0.05) is 21.6 Å². The van der Waals surface area contributed by atoms with E-state index in [9.17, 15) is 0 Å². The van der Waals surface area contributed by atoms with Gasteiger partial charge in [0.1, 0.15) is 0 Å². The maximum absolute atomic E-state index is 2.49. The highest BCUT2D eigenvalue weighted by Crippen LogP contribution is 2.67. The number of fused-ring (bicyclic) bond motifs is 42. The molecular formula is C142H101N. The number of rotatable bonds is 2. The van der Waals surface area contributed by atoms with E-state index in [-0.39, 0.29) is 27.1 Å². The van der Waals surface area contributed by atoms with Gasteiger partial charge in [0.25, 0.3) is 0 Å². The highest BCUT2D eigenvalue weighted by molar-refractivity contribution is 6.13. The summed E-state index contributed by atoms with van der Waals surface area (Å²) in [6.45, 7) is 4.61. The third kappa shape index (κ3) is 11.7. The Morgan fingerprint density at radius 1 is 0.168 bits per heavy atom. The Morgan fingerprint density at radius 3 is 0.769 bits per heavy atom. The van der Waals surface area contributed by atoms with Crippen molar-refractivity contribution in [3.05, 3.63) is 639 Å². The second-order valence-corrected chi connectivity index (χ2v) is 40.6. The van der Waals surface area contributed by atoms with Gasteiger partial charge in [0.2, 0.25) is 0 Å². The average molecular weight is 1820 g/mol. The number of para-hydroxylation sites is 3. The Kier molecular flexibility index (Phi) is 19.3. The van der Waals surface area contributed by atoms with Gasteiger partial charge in [0.05, 0.1) is 38.4 Å². The first kappa shape index (κ1) is 84.0. The van der Waals surface area contributed by atoms with Crippen molar-refractivity contribution in [3.8, 4) is 94.7 Å². The van der Waals surface area contributed by atoms with Crippen molar-refractivity contribution in [3.63, 3.8) is 0 Å². The fourth-order valence-electron chi connectivity index (χ4n) is 28.5. The number of nitrogens with zero attached hydrogens (tertiary/aromatic N) is 1. The molecule has 0 saturated heterocycles. The van der Waals surface area contributed by atoms with E-state index >= 15 is 0 Å². The van der Waals surface area contributed by atoms with Crippen LogP contribution in [0.5, 0.6) is 0 Å². The zero-order valence-corrected chi connectivity index (χ0v) is 80.0. The third-order valence-electron chi connectivity index (χ3n) is 33.9. The van der Waals surface area contributed by atoms with E-state index in [1.54, 1.807) is 11.1 Å². The maximum atomic E-state index is 2.49. The van der Waals surface area contributed by atoms with Gasteiger partial charge < -0.3 is 4.57 Å². The molecule has 1 nitrogen and oxygen atoms in total. The predicted molar refractivity (Wildman–Crippen MR) is 594 cm³/mol. The molecule has 0 bridgehead atoms. The zero-order chi connectivity index (χ0) is 94.8. The lowest BCUT2D eigenvalue weighted by atomic mass is 9.61. The van der Waals surface area contributed by atoms with Crippen LogP contribution < -0.4 is 0 Å². The maximum Gasteiger partial charge on any atom is 0.0754 e. The highest BCUT2D eigenvalue weighted by Gasteiger charge is 2.55. The topological polar surface area (TPSA) is 4.93 Å². The summed E-state index contributed by atoms with van der Waals surface area (Å²) < 4.78 is 2.49.